The maximum Gasteiger partial charge on any atom is 0.104 e. The summed E-state index contributed by atoms with van der Waals surface area (Å²) in [7, 11) is 0. The molecule has 0 bridgehead atoms. The average Bonchev–Trinajstić information content (AvgIpc) is 3.06. The Morgan fingerprint density at radius 1 is 0.778 bits per heavy atom. The number of hydrogen-bond donors (Lipinski definition) is 1. The van der Waals surface area contributed by atoms with Crippen LogP contribution in [-0.4, -0.2) is 5.84 Å². The van der Waals surface area contributed by atoms with E-state index in [-0.39, 0.29) is 24.0 Å². The Morgan fingerprint density at radius 3 is 1.96 bits per heavy atom. The summed E-state index contributed by atoms with van der Waals surface area (Å²) < 4.78 is 0. The molecule has 1 heterocycles. The number of nitrogens with zero attached hydrogens (tertiary/aromatic N) is 1. The number of nitrogens with one attached hydrogen (secondary N) is 1. The second-order valence-electron chi connectivity index (χ2n) is 7.07. The highest BCUT2D eigenvalue weighted by atomic mass is 35.5. The van der Waals surface area contributed by atoms with E-state index >= 15 is 0 Å². The molecule has 1 aliphatic heterocycles. The van der Waals surface area contributed by atoms with Gasteiger partial charge in [0.2, 0.25) is 0 Å². The first kappa shape index (κ1) is 19.2. The summed E-state index contributed by atoms with van der Waals surface area (Å²) in [6.45, 7) is 2.26. The van der Waals surface area contributed by atoms with Crippen LogP contribution in [0.25, 0.3) is 0 Å². The van der Waals surface area contributed by atoms with Crippen molar-refractivity contribution in [2.24, 2.45) is 4.99 Å². The van der Waals surface area contributed by atoms with Gasteiger partial charge in [0.05, 0.1) is 11.4 Å². The highest BCUT2D eigenvalue weighted by molar-refractivity contribution is 5.86. The first-order valence-electron chi connectivity index (χ1n) is 9.25. The van der Waals surface area contributed by atoms with Crippen LogP contribution in [0, 0.1) is 0 Å². The molecule has 0 fully saturated rings. The van der Waals surface area contributed by atoms with Crippen LogP contribution in [0.1, 0.15) is 36.1 Å². The van der Waals surface area contributed by atoms with Crippen LogP contribution in [-0.2, 0) is 12.0 Å². The highest BCUT2D eigenvalue weighted by Crippen LogP contribution is 2.41. The van der Waals surface area contributed by atoms with E-state index < -0.39 is 0 Å². The predicted octanol–water partition coefficient (Wildman–Crippen LogP) is 5.70. The normalized spacial score (nSPS) is 21.1. The van der Waals surface area contributed by atoms with Gasteiger partial charge in [-0.2, -0.15) is 0 Å². The molecule has 3 aromatic rings. The Morgan fingerprint density at radius 2 is 1.33 bits per heavy atom. The largest absolute Gasteiger partial charge is 0.362 e. The molecule has 0 unspecified atom stereocenters. The summed E-state index contributed by atoms with van der Waals surface area (Å²) in [4.78, 5) is 5.11. The Balaban J connectivity index is 0.00000210. The number of hydrogen-bond acceptors (Lipinski definition) is 2. The lowest BCUT2D eigenvalue weighted by Gasteiger charge is -2.32. The summed E-state index contributed by atoms with van der Waals surface area (Å²) in [5.74, 6) is 1.09. The molecule has 0 aliphatic carbocycles. The van der Waals surface area contributed by atoms with Gasteiger partial charge in [0.15, 0.2) is 0 Å². The molecule has 1 aliphatic rings. The zero-order chi connectivity index (χ0) is 17.8. The second-order valence-corrected chi connectivity index (χ2v) is 7.07. The van der Waals surface area contributed by atoms with Gasteiger partial charge in [-0.05, 0) is 30.0 Å². The Kier molecular flexibility index (Phi) is 5.98. The van der Waals surface area contributed by atoms with Crippen molar-refractivity contribution in [3.63, 3.8) is 0 Å². The smallest absolute Gasteiger partial charge is 0.104 e. The van der Waals surface area contributed by atoms with Crippen LogP contribution in [0.15, 0.2) is 96.0 Å². The summed E-state index contributed by atoms with van der Waals surface area (Å²) >= 11 is 0. The standard InChI is InChI=1S/C24H24N2.ClH/c1-24(21-15-9-4-10-16-21)23(20-13-7-3-8-14-20)25-22(26-24)18-17-19-11-5-2-6-12-19;/h2-16,23H,17-18H2,1H3,(H,25,26);1H/t23-,24+;/m1./s1. The van der Waals surface area contributed by atoms with Gasteiger partial charge in [-0.15, -0.1) is 12.4 Å². The zero-order valence-corrected chi connectivity index (χ0v) is 16.3. The number of rotatable bonds is 5. The lowest BCUT2D eigenvalue weighted by atomic mass is 9.82. The molecule has 0 saturated carbocycles. The van der Waals surface area contributed by atoms with Gasteiger partial charge in [-0.25, -0.2) is 0 Å². The van der Waals surface area contributed by atoms with Gasteiger partial charge in [-0.3, -0.25) is 4.99 Å². The quantitative estimate of drug-likeness (QED) is 0.606. The van der Waals surface area contributed by atoms with Crippen molar-refractivity contribution >= 4 is 18.2 Å². The number of amidine groups is 1. The van der Waals surface area contributed by atoms with Crippen LogP contribution in [0.2, 0.25) is 0 Å². The monoisotopic (exact) mass is 376 g/mol. The third-order valence-electron chi connectivity index (χ3n) is 5.22. The summed E-state index contributed by atoms with van der Waals surface area (Å²) in [6.07, 6.45) is 1.93. The van der Waals surface area contributed by atoms with Crippen molar-refractivity contribution in [3.05, 3.63) is 108 Å². The van der Waals surface area contributed by atoms with Crippen LogP contribution in [0.4, 0.5) is 0 Å². The Bertz CT molecular complexity index is 878. The van der Waals surface area contributed by atoms with Gasteiger partial charge in [0.25, 0.3) is 0 Å². The first-order chi connectivity index (χ1) is 12.8. The Labute approximate surface area is 167 Å². The second kappa shape index (κ2) is 8.41. The lowest BCUT2D eigenvalue weighted by molar-refractivity contribution is 0.385. The highest BCUT2D eigenvalue weighted by Gasteiger charge is 2.42. The van der Waals surface area contributed by atoms with Crippen molar-refractivity contribution < 1.29 is 0 Å². The van der Waals surface area contributed by atoms with Crippen LogP contribution < -0.4 is 5.32 Å². The van der Waals surface area contributed by atoms with Gasteiger partial charge >= 0.3 is 0 Å². The van der Waals surface area contributed by atoms with E-state index in [4.69, 9.17) is 4.99 Å². The first-order valence-corrected chi connectivity index (χ1v) is 9.25. The number of benzene rings is 3. The molecule has 27 heavy (non-hydrogen) atoms. The van der Waals surface area contributed by atoms with E-state index in [9.17, 15) is 0 Å². The van der Waals surface area contributed by atoms with Crippen LogP contribution in [0.5, 0.6) is 0 Å². The fourth-order valence-electron chi connectivity index (χ4n) is 3.78. The van der Waals surface area contributed by atoms with Gasteiger partial charge in [-0.1, -0.05) is 91.0 Å². The molecule has 3 heteroatoms. The molecule has 138 valence electrons. The fraction of sp³-hybridized carbons (Fsp3) is 0.208. The zero-order valence-electron chi connectivity index (χ0n) is 15.5. The number of halogens is 1. The lowest BCUT2D eigenvalue weighted by Crippen LogP contribution is -2.41. The van der Waals surface area contributed by atoms with E-state index in [1.807, 2.05) is 0 Å². The third-order valence-corrected chi connectivity index (χ3v) is 5.22. The summed E-state index contributed by atoms with van der Waals surface area (Å²) in [5.41, 5.74) is 3.64. The molecule has 3 aromatic carbocycles. The number of aryl methyl sites for hydroxylation is 1. The minimum Gasteiger partial charge on any atom is -0.362 e. The van der Waals surface area contributed by atoms with E-state index in [2.05, 4.69) is 103 Å². The van der Waals surface area contributed by atoms with Gasteiger partial charge in [0.1, 0.15) is 6.04 Å². The van der Waals surface area contributed by atoms with E-state index in [1.54, 1.807) is 0 Å². The van der Waals surface area contributed by atoms with Crippen molar-refractivity contribution in [2.75, 3.05) is 0 Å². The molecular weight excluding hydrogens is 352 g/mol. The third kappa shape index (κ3) is 4.06. The van der Waals surface area contributed by atoms with Crippen molar-refractivity contribution in [3.8, 4) is 0 Å². The minimum absolute atomic E-state index is 0. The maximum atomic E-state index is 5.11. The Hall–Kier alpha value is -2.58. The molecule has 0 amide bonds. The molecular formula is C24H25ClN2. The molecule has 0 radical (unpaired) electrons. The predicted molar refractivity (Wildman–Crippen MR) is 116 cm³/mol. The fourth-order valence-corrected chi connectivity index (χ4v) is 3.78. The van der Waals surface area contributed by atoms with E-state index in [0.717, 1.165) is 18.7 Å². The molecule has 0 aromatic heterocycles. The summed E-state index contributed by atoms with van der Waals surface area (Å²) in [5, 5.41) is 3.75. The van der Waals surface area contributed by atoms with Crippen molar-refractivity contribution in [1.82, 2.24) is 5.32 Å². The van der Waals surface area contributed by atoms with Crippen molar-refractivity contribution in [2.45, 2.75) is 31.3 Å². The molecule has 2 nitrogen and oxygen atoms in total. The van der Waals surface area contributed by atoms with Crippen LogP contribution >= 0.6 is 12.4 Å². The SMILES string of the molecule is C[C@@]1(c2ccccc2)NC(CCc2ccccc2)=N[C@@H]1c1ccccc1.Cl. The minimum atomic E-state index is -0.228. The summed E-state index contributed by atoms with van der Waals surface area (Å²) in [6, 6.07) is 32.0. The number of aliphatic imine (C=N–C) groups is 1. The van der Waals surface area contributed by atoms with Crippen molar-refractivity contribution in [1.29, 1.82) is 0 Å². The van der Waals surface area contributed by atoms with E-state index in [0.29, 0.717) is 0 Å². The van der Waals surface area contributed by atoms with Gasteiger partial charge < -0.3 is 5.32 Å². The molecule has 4 rings (SSSR count). The molecule has 1 N–H and O–H groups in total. The van der Waals surface area contributed by atoms with E-state index in [1.165, 1.54) is 16.7 Å². The molecule has 0 spiro atoms. The topological polar surface area (TPSA) is 24.4 Å². The molecule has 0 saturated heterocycles. The van der Waals surface area contributed by atoms with Crippen LogP contribution in [0.3, 0.4) is 0 Å². The average molecular weight is 377 g/mol. The molecule has 2 atom stereocenters. The maximum absolute atomic E-state index is 5.11. The van der Waals surface area contributed by atoms with Gasteiger partial charge in [0, 0.05) is 6.42 Å².